The number of rotatable bonds is 5. The first-order valence-corrected chi connectivity index (χ1v) is 6.86. The molecular formula is C14H21N3O2. The predicted molar refractivity (Wildman–Crippen MR) is 72.8 cm³/mol. The molecule has 2 N–H and O–H groups in total. The Morgan fingerprint density at radius 1 is 1.53 bits per heavy atom. The van der Waals surface area contributed by atoms with Gasteiger partial charge in [0.05, 0.1) is 6.61 Å². The van der Waals surface area contributed by atoms with Gasteiger partial charge in [0.25, 0.3) is 0 Å². The standard InChI is InChI=1S/C14H21N3O2/c1-2-19-14-12(4-3-7-16-14)10-17-13(18)11-5-8-15-9-6-11/h3-4,7,11,15H,2,5-6,8-10H2,1H3,(H,17,18). The first-order chi connectivity index (χ1) is 9.31. The highest BCUT2D eigenvalue weighted by Gasteiger charge is 2.20. The average molecular weight is 263 g/mol. The normalized spacial score (nSPS) is 16.1. The van der Waals surface area contributed by atoms with Gasteiger partial charge in [-0.25, -0.2) is 4.98 Å². The highest BCUT2D eigenvalue weighted by molar-refractivity contribution is 5.78. The fourth-order valence-electron chi connectivity index (χ4n) is 2.24. The highest BCUT2D eigenvalue weighted by atomic mass is 16.5. The minimum atomic E-state index is 0.132. The molecule has 0 aromatic carbocycles. The molecule has 1 saturated heterocycles. The van der Waals surface area contributed by atoms with Crippen LogP contribution in [0.4, 0.5) is 0 Å². The van der Waals surface area contributed by atoms with Gasteiger partial charge in [-0.2, -0.15) is 0 Å². The van der Waals surface area contributed by atoms with Crippen molar-refractivity contribution >= 4 is 5.91 Å². The second-order valence-electron chi connectivity index (χ2n) is 4.64. The van der Waals surface area contributed by atoms with Crippen LogP contribution in [0.25, 0.3) is 0 Å². The van der Waals surface area contributed by atoms with Gasteiger partial charge in [0, 0.05) is 24.2 Å². The van der Waals surface area contributed by atoms with Gasteiger partial charge >= 0.3 is 0 Å². The zero-order chi connectivity index (χ0) is 13.5. The number of hydrogen-bond donors (Lipinski definition) is 2. The van der Waals surface area contributed by atoms with Crippen LogP contribution in [0, 0.1) is 5.92 Å². The van der Waals surface area contributed by atoms with Crippen molar-refractivity contribution in [3.63, 3.8) is 0 Å². The van der Waals surface area contributed by atoms with E-state index in [1.54, 1.807) is 6.20 Å². The number of hydrogen-bond acceptors (Lipinski definition) is 4. The molecule has 0 bridgehead atoms. The third-order valence-corrected chi connectivity index (χ3v) is 3.29. The fraction of sp³-hybridized carbons (Fsp3) is 0.571. The van der Waals surface area contributed by atoms with Crippen LogP contribution in [0.2, 0.25) is 0 Å². The van der Waals surface area contributed by atoms with Crippen LogP contribution in [-0.2, 0) is 11.3 Å². The van der Waals surface area contributed by atoms with E-state index < -0.39 is 0 Å². The lowest BCUT2D eigenvalue weighted by atomic mass is 9.97. The second kappa shape index (κ2) is 7.09. The van der Waals surface area contributed by atoms with Crippen LogP contribution in [0.15, 0.2) is 18.3 Å². The summed E-state index contributed by atoms with van der Waals surface area (Å²) in [4.78, 5) is 16.2. The van der Waals surface area contributed by atoms with Crippen molar-refractivity contribution in [3.05, 3.63) is 23.9 Å². The summed E-state index contributed by atoms with van der Waals surface area (Å²) in [5.74, 6) is 0.872. The van der Waals surface area contributed by atoms with Gasteiger partial charge in [0.2, 0.25) is 11.8 Å². The van der Waals surface area contributed by atoms with Crippen LogP contribution in [0.5, 0.6) is 5.88 Å². The van der Waals surface area contributed by atoms with E-state index in [2.05, 4.69) is 15.6 Å². The van der Waals surface area contributed by atoms with Crippen molar-refractivity contribution in [1.29, 1.82) is 0 Å². The van der Waals surface area contributed by atoms with E-state index in [1.165, 1.54) is 0 Å². The van der Waals surface area contributed by atoms with E-state index in [9.17, 15) is 4.79 Å². The second-order valence-corrected chi connectivity index (χ2v) is 4.64. The molecule has 0 spiro atoms. The van der Waals surface area contributed by atoms with E-state index in [0.717, 1.165) is 31.5 Å². The summed E-state index contributed by atoms with van der Waals surface area (Å²) in [7, 11) is 0. The molecule has 0 saturated carbocycles. The Bertz CT molecular complexity index is 417. The number of pyridine rings is 1. The molecule has 19 heavy (non-hydrogen) atoms. The molecule has 0 aliphatic carbocycles. The number of nitrogens with one attached hydrogen (secondary N) is 2. The largest absolute Gasteiger partial charge is 0.478 e. The number of aromatic nitrogens is 1. The topological polar surface area (TPSA) is 63.2 Å². The Balaban J connectivity index is 1.89. The van der Waals surface area contributed by atoms with Crippen molar-refractivity contribution in [1.82, 2.24) is 15.6 Å². The van der Waals surface area contributed by atoms with E-state index in [1.807, 2.05) is 19.1 Å². The summed E-state index contributed by atoms with van der Waals surface area (Å²) in [6.45, 7) is 4.83. The van der Waals surface area contributed by atoms with E-state index >= 15 is 0 Å². The summed E-state index contributed by atoms with van der Waals surface area (Å²) < 4.78 is 5.44. The maximum absolute atomic E-state index is 12.0. The summed E-state index contributed by atoms with van der Waals surface area (Å²) in [5, 5.41) is 6.24. The summed E-state index contributed by atoms with van der Waals surface area (Å²) >= 11 is 0. The molecule has 104 valence electrons. The Morgan fingerprint density at radius 2 is 2.32 bits per heavy atom. The maximum Gasteiger partial charge on any atom is 0.223 e. The lowest BCUT2D eigenvalue weighted by molar-refractivity contribution is -0.125. The number of ether oxygens (including phenoxy) is 1. The van der Waals surface area contributed by atoms with Crippen LogP contribution in [-0.4, -0.2) is 30.6 Å². The van der Waals surface area contributed by atoms with Gasteiger partial charge in [0.15, 0.2) is 0 Å². The molecule has 5 heteroatoms. The SMILES string of the molecule is CCOc1ncccc1CNC(=O)C1CCNCC1. The van der Waals surface area contributed by atoms with Crippen molar-refractivity contribution < 1.29 is 9.53 Å². The monoisotopic (exact) mass is 263 g/mol. The molecule has 1 fully saturated rings. The number of carbonyl (C=O) groups excluding carboxylic acids is 1. The highest BCUT2D eigenvalue weighted by Crippen LogP contribution is 2.15. The third kappa shape index (κ3) is 3.92. The van der Waals surface area contributed by atoms with Crippen LogP contribution >= 0.6 is 0 Å². The molecule has 1 amide bonds. The fourth-order valence-corrected chi connectivity index (χ4v) is 2.24. The maximum atomic E-state index is 12.0. The number of carbonyl (C=O) groups is 1. The molecule has 1 aromatic rings. The first kappa shape index (κ1) is 13.8. The molecule has 0 unspecified atom stereocenters. The summed E-state index contributed by atoms with van der Waals surface area (Å²) in [5.41, 5.74) is 0.923. The van der Waals surface area contributed by atoms with Gasteiger partial charge in [-0.3, -0.25) is 4.79 Å². The van der Waals surface area contributed by atoms with Crippen LogP contribution in [0.1, 0.15) is 25.3 Å². The minimum absolute atomic E-state index is 0.132. The van der Waals surface area contributed by atoms with Gasteiger partial charge < -0.3 is 15.4 Å². The van der Waals surface area contributed by atoms with Crippen molar-refractivity contribution in [2.45, 2.75) is 26.3 Å². The number of nitrogens with zero attached hydrogens (tertiary/aromatic N) is 1. The quantitative estimate of drug-likeness (QED) is 0.835. The van der Waals surface area contributed by atoms with E-state index in [4.69, 9.17) is 4.74 Å². The van der Waals surface area contributed by atoms with Crippen molar-refractivity contribution in [2.75, 3.05) is 19.7 Å². The average Bonchev–Trinajstić information content (AvgIpc) is 2.47. The lowest BCUT2D eigenvalue weighted by Gasteiger charge is -2.21. The van der Waals surface area contributed by atoms with E-state index in [0.29, 0.717) is 19.0 Å². The zero-order valence-electron chi connectivity index (χ0n) is 11.3. The van der Waals surface area contributed by atoms with E-state index in [-0.39, 0.29) is 11.8 Å². The molecule has 1 aliphatic heterocycles. The number of amides is 1. The molecule has 0 atom stereocenters. The predicted octanol–water partition coefficient (Wildman–Crippen LogP) is 1.10. The molecule has 0 radical (unpaired) electrons. The Morgan fingerprint density at radius 3 is 3.05 bits per heavy atom. The Labute approximate surface area is 113 Å². The lowest BCUT2D eigenvalue weighted by Crippen LogP contribution is -2.37. The summed E-state index contributed by atoms with van der Waals surface area (Å²) in [6.07, 6.45) is 3.53. The van der Waals surface area contributed by atoms with Gasteiger partial charge in [-0.1, -0.05) is 6.07 Å². The van der Waals surface area contributed by atoms with Crippen LogP contribution < -0.4 is 15.4 Å². The Kier molecular flexibility index (Phi) is 5.15. The summed E-state index contributed by atoms with van der Waals surface area (Å²) in [6, 6.07) is 3.79. The molecule has 1 aliphatic rings. The molecule has 2 heterocycles. The molecule has 5 nitrogen and oxygen atoms in total. The van der Waals surface area contributed by atoms with Gasteiger partial charge in [0.1, 0.15) is 0 Å². The molecular weight excluding hydrogens is 242 g/mol. The zero-order valence-corrected chi connectivity index (χ0v) is 11.3. The number of piperidine rings is 1. The van der Waals surface area contributed by atoms with Crippen LogP contribution in [0.3, 0.4) is 0 Å². The van der Waals surface area contributed by atoms with Crippen molar-refractivity contribution in [2.24, 2.45) is 5.92 Å². The molecule has 1 aromatic heterocycles. The van der Waals surface area contributed by atoms with Gasteiger partial charge in [-0.05, 0) is 38.9 Å². The van der Waals surface area contributed by atoms with Gasteiger partial charge in [-0.15, -0.1) is 0 Å². The van der Waals surface area contributed by atoms with Crippen molar-refractivity contribution in [3.8, 4) is 5.88 Å². The molecule has 2 rings (SSSR count). The smallest absolute Gasteiger partial charge is 0.223 e. The minimum Gasteiger partial charge on any atom is -0.478 e. The first-order valence-electron chi connectivity index (χ1n) is 6.86. The Hall–Kier alpha value is -1.62. The third-order valence-electron chi connectivity index (χ3n) is 3.29.